The summed E-state index contributed by atoms with van der Waals surface area (Å²) in [5.74, 6) is 0.760. The van der Waals surface area contributed by atoms with Crippen LogP contribution in [0.25, 0.3) is 21.8 Å². The lowest BCUT2D eigenvalue weighted by Crippen LogP contribution is -2.25. The lowest BCUT2D eigenvalue weighted by atomic mass is 10.1. The number of nitrogens with one attached hydrogen (secondary N) is 1. The molecule has 5 aromatic rings. The van der Waals surface area contributed by atoms with Crippen LogP contribution >= 0.6 is 11.6 Å². The van der Waals surface area contributed by atoms with Gasteiger partial charge in [0, 0.05) is 21.4 Å². The maximum Gasteiger partial charge on any atom is 0.260 e. The average Bonchev–Trinajstić information content (AvgIpc) is 2.95. The summed E-state index contributed by atoms with van der Waals surface area (Å²) in [6.45, 7) is 0.296. The van der Waals surface area contributed by atoms with E-state index in [4.69, 9.17) is 21.1 Å². The molecule has 0 atom stereocenters. The van der Waals surface area contributed by atoms with Crippen molar-refractivity contribution in [2.24, 2.45) is 5.10 Å². The number of hydrogen-bond acceptors (Lipinski definition) is 5. The van der Waals surface area contributed by atoms with Crippen molar-refractivity contribution in [2.75, 3.05) is 7.11 Å². The number of para-hydroxylation sites is 2. The van der Waals surface area contributed by atoms with E-state index in [1.165, 1.54) is 6.21 Å². The normalized spacial score (nSPS) is 11.2. The quantitative estimate of drug-likeness (QED) is 0.164. The number of carbonyl (C=O) groups is 1. The Morgan fingerprint density at radius 1 is 0.921 bits per heavy atom. The molecule has 0 aliphatic rings. The van der Waals surface area contributed by atoms with Gasteiger partial charge in [-0.1, -0.05) is 54.1 Å². The number of rotatable bonds is 8. The molecule has 190 valence electrons. The Morgan fingerprint density at radius 2 is 1.58 bits per heavy atom. The van der Waals surface area contributed by atoms with Gasteiger partial charge in [0.15, 0.2) is 16.9 Å². The van der Waals surface area contributed by atoms with Crippen molar-refractivity contribution in [3.8, 4) is 11.5 Å². The zero-order chi connectivity index (χ0) is 26.5. The van der Waals surface area contributed by atoms with Crippen molar-refractivity contribution < 1.29 is 14.3 Å². The van der Waals surface area contributed by atoms with E-state index in [0.29, 0.717) is 50.5 Å². The monoisotopic (exact) mass is 525 g/mol. The summed E-state index contributed by atoms with van der Waals surface area (Å²) in [4.78, 5) is 25.7. The second kappa shape index (κ2) is 11.2. The summed E-state index contributed by atoms with van der Waals surface area (Å²) >= 11 is 6.21. The maximum absolute atomic E-state index is 12.9. The van der Waals surface area contributed by atoms with Crippen molar-refractivity contribution in [2.45, 2.75) is 13.2 Å². The summed E-state index contributed by atoms with van der Waals surface area (Å²) in [5, 5.41) is 5.87. The maximum atomic E-state index is 12.9. The van der Waals surface area contributed by atoms with Gasteiger partial charge in [-0.05, 0) is 54.1 Å². The second-order valence-corrected chi connectivity index (χ2v) is 8.94. The highest BCUT2D eigenvalue weighted by atomic mass is 35.5. The molecule has 0 radical (unpaired) electrons. The molecule has 8 heteroatoms. The molecule has 1 heterocycles. The first-order chi connectivity index (χ1) is 18.5. The molecule has 0 fully saturated rings. The Hall–Kier alpha value is -4.62. The molecule has 5 rings (SSSR count). The van der Waals surface area contributed by atoms with E-state index in [9.17, 15) is 9.59 Å². The van der Waals surface area contributed by atoms with Crippen LogP contribution in [0.2, 0.25) is 5.02 Å². The van der Waals surface area contributed by atoms with E-state index < -0.39 is 0 Å². The third kappa shape index (κ3) is 5.23. The van der Waals surface area contributed by atoms with Crippen LogP contribution in [0.4, 0.5) is 0 Å². The summed E-state index contributed by atoms with van der Waals surface area (Å²) in [7, 11) is 1.55. The topological polar surface area (TPSA) is 81.9 Å². The number of ether oxygens (including phenoxy) is 2. The first kappa shape index (κ1) is 25.0. The van der Waals surface area contributed by atoms with Crippen LogP contribution in [0, 0.1) is 0 Å². The molecule has 0 unspecified atom stereocenters. The van der Waals surface area contributed by atoms with E-state index >= 15 is 0 Å². The number of hydrogen-bond donors (Lipinski definition) is 1. The summed E-state index contributed by atoms with van der Waals surface area (Å²) < 4.78 is 13.2. The van der Waals surface area contributed by atoms with Gasteiger partial charge in [-0.2, -0.15) is 5.10 Å². The van der Waals surface area contributed by atoms with Gasteiger partial charge in [-0.15, -0.1) is 0 Å². The van der Waals surface area contributed by atoms with E-state index in [-0.39, 0.29) is 17.9 Å². The molecule has 38 heavy (non-hydrogen) atoms. The average molecular weight is 526 g/mol. The fourth-order valence-electron chi connectivity index (χ4n) is 4.26. The number of methoxy groups -OCH3 is 1. The van der Waals surface area contributed by atoms with Crippen molar-refractivity contribution in [1.29, 1.82) is 0 Å². The van der Waals surface area contributed by atoms with Crippen molar-refractivity contribution >= 4 is 45.5 Å². The van der Waals surface area contributed by atoms with Crippen LogP contribution < -0.4 is 20.3 Å². The van der Waals surface area contributed by atoms with Crippen LogP contribution in [-0.2, 0) is 17.9 Å². The number of aromatic nitrogens is 1. The number of fused-ring (bicyclic) bond motifs is 2. The van der Waals surface area contributed by atoms with Crippen molar-refractivity contribution in [3.05, 3.63) is 117 Å². The van der Waals surface area contributed by atoms with Gasteiger partial charge in [0.2, 0.25) is 0 Å². The standard InChI is InChI=1S/C30H24ClN3O4/c1-37-28-16-20(14-15-27(28)38-19-21-8-2-5-11-24(21)31)17-32-33-29(35)18-34-25-12-6-3-9-22(25)30(36)23-10-4-7-13-26(23)34/h2-17H,18-19H2,1H3,(H,33,35). The van der Waals surface area contributed by atoms with E-state index in [2.05, 4.69) is 10.5 Å². The highest BCUT2D eigenvalue weighted by Crippen LogP contribution is 2.29. The van der Waals surface area contributed by atoms with E-state index in [1.54, 1.807) is 31.4 Å². The molecular formula is C30H24ClN3O4. The Kier molecular flexibility index (Phi) is 7.38. The zero-order valence-corrected chi connectivity index (χ0v) is 21.3. The zero-order valence-electron chi connectivity index (χ0n) is 20.6. The van der Waals surface area contributed by atoms with Gasteiger partial charge < -0.3 is 14.0 Å². The minimum absolute atomic E-state index is 0.00318. The number of amides is 1. The van der Waals surface area contributed by atoms with Gasteiger partial charge in [0.05, 0.1) is 24.4 Å². The van der Waals surface area contributed by atoms with Gasteiger partial charge in [-0.3, -0.25) is 9.59 Å². The van der Waals surface area contributed by atoms with Crippen LogP contribution in [0.3, 0.4) is 0 Å². The third-order valence-electron chi connectivity index (χ3n) is 6.11. The lowest BCUT2D eigenvalue weighted by molar-refractivity contribution is -0.121. The predicted octanol–water partition coefficient (Wildman–Crippen LogP) is 5.55. The number of hydrazone groups is 1. The molecule has 1 N–H and O–H groups in total. The minimum Gasteiger partial charge on any atom is -0.493 e. The van der Waals surface area contributed by atoms with Gasteiger partial charge in [0.25, 0.3) is 5.91 Å². The highest BCUT2D eigenvalue weighted by Gasteiger charge is 2.13. The van der Waals surface area contributed by atoms with E-state index in [1.807, 2.05) is 71.3 Å². The van der Waals surface area contributed by atoms with Crippen LogP contribution in [0.5, 0.6) is 11.5 Å². The van der Waals surface area contributed by atoms with Crippen LogP contribution in [-0.4, -0.2) is 23.8 Å². The first-order valence-electron chi connectivity index (χ1n) is 11.9. The Bertz CT molecular complexity index is 1670. The SMILES string of the molecule is COc1cc(C=NNC(=O)Cn2c3ccccc3c(=O)c3ccccc32)ccc1OCc1ccccc1Cl. The number of nitrogens with zero attached hydrogens (tertiary/aromatic N) is 2. The molecule has 1 amide bonds. The molecule has 7 nitrogen and oxygen atoms in total. The molecular weight excluding hydrogens is 502 g/mol. The molecule has 0 aliphatic carbocycles. The second-order valence-electron chi connectivity index (χ2n) is 8.53. The highest BCUT2D eigenvalue weighted by molar-refractivity contribution is 6.31. The Morgan fingerprint density at radius 3 is 2.26 bits per heavy atom. The van der Waals surface area contributed by atoms with Crippen LogP contribution in [0.15, 0.2) is 101 Å². The number of carbonyl (C=O) groups excluding carboxylic acids is 1. The van der Waals surface area contributed by atoms with Crippen molar-refractivity contribution in [1.82, 2.24) is 9.99 Å². The number of benzene rings is 4. The number of pyridine rings is 1. The largest absolute Gasteiger partial charge is 0.493 e. The van der Waals surface area contributed by atoms with E-state index in [0.717, 1.165) is 5.56 Å². The Labute approximate surface area is 223 Å². The smallest absolute Gasteiger partial charge is 0.260 e. The molecule has 0 aliphatic heterocycles. The fraction of sp³-hybridized carbons (Fsp3) is 0.100. The summed E-state index contributed by atoms with van der Waals surface area (Å²) in [6.07, 6.45) is 1.53. The minimum atomic E-state index is -0.327. The molecule has 0 bridgehead atoms. The molecule has 1 aromatic heterocycles. The predicted molar refractivity (Wildman–Crippen MR) is 150 cm³/mol. The third-order valence-corrected chi connectivity index (χ3v) is 6.48. The Balaban J connectivity index is 1.30. The molecule has 0 saturated carbocycles. The van der Waals surface area contributed by atoms with Gasteiger partial charge in [0.1, 0.15) is 13.2 Å². The molecule has 0 saturated heterocycles. The van der Waals surface area contributed by atoms with Gasteiger partial charge in [-0.25, -0.2) is 5.43 Å². The first-order valence-corrected chi connectivity index (χ1v) is 12.3. The fourth-order valence-corrected chi connectivity index (χ4v) is 4.45. The van der Waals surface area contributed by atoms with Crippen molar-refractivity contribution in [3.63, 3.8) is 0 Å². The van der Waals surface area contributed by atoms with Crippen LogP contribution in [0.1, 0.15) is 11.1 Å². The summed E-state index contributed by atoms with van der Waals surface area (Å²) in [5.41, 5.74) is 5.47. The molecule has 0 spiro atoms. The summed E-state index contributed by atoms with van der Waals surface area (Å²) in [6, 6.07) is 27.4. The lowest BCUT2D eigenvalue weighted by Gasteiger charge is -2.14. The molecule has 4 aromatic carbocycles. The number of halogens is 1. The van der Waals surface area contributed by atoms with Gasteiger partial charge >= 0.3 is 0 Å².